The zero-order valence-electron chi connectivity index (χ0n) is 10.9. The van der Waals surface area contributed by atoms with Gasteiger partial charge < -0.3 is 4.98 Å². The summed E-state index contributed by atoms with van der Waals surface area (Å²) >= 11 is 5.25. The lowest BCUT2D eigenvalue weighted by Crippen LogP contribution is -2.17. The third-order valence-electron chi connectivity index (χ3n) is 3.41. The summed E-state index contributed by atoms with van der Waals surface area (Å²) in [5.74, 6) is 1.95. The Labute approximate surface area is 130 Å². The highest BCUT2D eigenvalue weighted by Crippen LogP contribution is 2.37. The molecule has 3 nitrogen and oxygen atoms in total. The van der Waals surface area contributed by atoms with Gasteiger partial charge in [0.15, 0.2) is 0 Å². The van der Waals surface area contributed by atoms with E-state index in [0.29, 0.717) is 9.72 Å². The molecule has 0 amide bonds. The van der Waals surface area contributed by atoms with Crippen LogP contribution >= 0.6 is 27.7 Å². The van der Waals surface area contributed by atoms with E-state index >= 15 is 0 Å². The summed E-state index contributed by atoms with van der Waals surface area (Å²) < 4.78 is 0.508. The molecule has 0 saturated carbocycles. The number of halogens is 1. The molecule has 1 saturated heterocycles. The Kier molecular flexibility index (Phi) is 4.27. The molecule has 1 fully saturated rings. The molecule has 1 aromatic carbocycles. The van der Waals surface area contributed by atoms with Crippen molar-refractivity contribution >= 4 is 27.7 Å². The van der Waals surface area contributed by atoms with Gasteiger partial charge in [0.05, 0.1) is 10.9 Å². The summed E-state index contributed by atoms with van der Waals surface area (Å²) in [6.45, 7) is 0. The summed E-state index contributed by atoms with van der Waals surface area (Å²) in [4.78, 5) is 19.7. The van der Waals surface area contributed by atoms with Crippen molar-refractivity contribution in [1.29, 1.82) is 0 Å². The predicted molar refractivity (Wildman–Crippen MR) is 87.0 cm³/mol. The summed E-state index contributed by atoms with van der Waals surface area (Å²) in [5, 5.41) is 0.312. The van der Waals surface area contributed by atoms with Crippen molar-refractivity contribution < 1.29 is 0 Å². The van der Waals surface area contributed by atoms with Gasteiger partial charge in [0.25, 0.3) is 5.56 Å². The normalized spacial score (nSPS) is 18.9. The molecule has 2 aromatic rings. The van der Waals surface area contributed by atoms with Gasteiger partial charge in [0, 0.05) is 5.56 Å². The topological polar surface area (TPSA) is 45.8 Å². The summed E-state index contributed by atoms with van der Waals surface area (Å²) in [7, 11) is 0. The zero-order valence-corrected chi connectivity index (χ0v) is 13.3. The molecule has 1 aliphatic rings. The van der Waals surface area contributed by atoms with Gasteiger partial charge in [0.1, 0.15) is 10.3 Å². The summed E-state index contributed by atoms with van der Waals surface area (Å²) in [5.41, 5.74) is 1.60. The maximum Gasteiger partial charge on any atom is 0.265 e. The highest BCUT2D eigenvalue weighted by molar-refractivity contribution is 9.10. The SMILES string of the molecule is O=c1[nH]c(C2CCCCS2)nc(-c2ccccc2)c1Br. The van der Waals surface area contributed by atoms with E-state index in [1.54, 1.807) is 0 Å². The van der Waals surface area contributed by atoms with E-state index in [4.69, 9.17) is 4.98 Å². The molecular formula is C15H15BrN2OS. The van der Waals surface area contributed by atoms with Crippen molar-refractivity contribution in [2.45, 2.75) is 24.5 Å². The van der Waals surface area contributed by atoms with Crippen LogP contribution in [-0.4, -0.2) is 15.7 Å². The molecular weight excluding hydrogens is 336 g/mol. The van der Waals surface area contributed by atoms with Gasteiger partial charge in [-0.15, -0.1) is 0 Å². The Bertz CT molecular complexity index is 651. The van der Waals surface area contributed by atoms with Crippen LogP contribution in [0.1, 0.15) is 30.3 Å². The molecule has 0 bridgehead atoms. The number of nitrogens with one attached hydrogen (secondary N) is 1. The summed E-state index contributed by atoms with van der Waals surface area (Å²) in [6, 6.07) is 9.83. The van der Waals surface area contributed by atoms with Crippen LogP contribution in [0.4, 0.5) is 0 Å². The van der Waals surface area contributed by atoms with Crippen LogP contribution < -0.4 is 5.56 Å². The van der Waals surface area contributed by atoms with Crippen LogP contribution in [0.2, 0.25) is 0 Å². The molecule has 1 unspecified atom stereocenters. The molecule has 1 N–H and O–H groups in total. The Morgan fingerprint density at radius 3 is 2.75 bits per heavy atom. The van der Waals surface area contributed by atoms with Crippen LogP contribution in [0.3, 0.4) is 0 Å². The first-order chi connectivity index (χ1) is 9.75. The minimum atomic E-state index is -0.0972. The number of rotatable bonds is 2. The fourth-order valence-corrected chi connectivity index (χ4v) is 4.05. The smallest absolute Gasteiger partial charge is 0.265 e. The first-order valence-electron chi connectivity index (χ1n) is 6.72. The molecule has 0 aliphatic carbocycles. The second-order valence-electron chi connectivity index (χ2n) is 4.83. The summed E-state index contributed by atoms with van der Waals surface area (Å²) in [6.07, 6.45) is 3.55. The van der Waals surface area contributed by atoms with Gasteiger partial charge in [-0.1, -0.05) is 36.8 Å². The lowest BCUT2D eigenvalue weighted by Gasteiger charge is -2.20. The van der Waals surface area contributed by atoms with E-state index in [-0.39, 0.29) is 5.56 Å². The van der Waals surface area contributed by atoms with Gasteiger partial charge >= 0.3 is 0 Å². The van der Waals surface area contributed by atoms with E-state index in [2.05, 4.69) is 20.9 Å². The standard InChI is InChI=1S/C15H15BrN2OS/c16-12-13(10-6-2-1-3-7-10)17-14(18-15(12)19)11-8-4-5-9-20-11/h1-3,6-7,11H,4-5,8-9H2,(H,17,18,19). The molecule has 2 heterocycles. The van der Waals surface area contributed by atoms with Crippen molar-refractivity contribution in [1.82, 2.24) is 9.97 Å². The molecule has 104 valence electrons. The van der Waals surface area contributed by atoms with Crippen LogP contribution in [0.25, 0.3) is 11.3 Å². The van der Waals surface area contributed by atoms with Crippen molar-refractivity contribution in [3.8, 4) is 11.3 Å². The highest BCUT2D eigenvalue weighted by atomic mass is 79.9. The zero-order chi connectivity index (χ0) is 13.9. The first-order valence-corrected chi connectivity index (χ1v) is 8.56. The quantitative estimate of drug-likeness (QED) is 0.884. The Morgan fingerprint density at radius 1 is 1.25 bits per heavy atom. The Hall–Kier alpha value is -1.07. The van der Waals surface area contributed by atoms with Crippen LogP contribution in [0, 0.1) is 0 Å². The van der Waals surface area contributed by atoms with Crippen molar-refractivity contribution in [2.24, 2.45) is 0 Å². The van der Waals surface area contributed by atoms with E-state index < -0.39 is 0 Å². The third-order valence-corrected chi connectivity index (χ3v) is 5.53. The van der Waals surface area contributed by atoms with Crippen molar-refractivity contribution in [2.75, 3.05) is 5.75 Å². The van der Waals surface area contributed by atoms with Crippen LogP contribution in [-0.2, 0) is 0 Å². The number of hydrogen-bond donors (Lipinski definition) is 1. The van der Waals surface area contributed by atoms with E-state index in [9.17, 15) is 4.79 Å². The average molecular weight is 351 g/mol. The largest absolute Gasteiger partial charge is 0.309 e. The minimum Gasteiger partial charge on any atom is -0.309 e. The molecule has 1 aromatic heterocycles. The third kappa shape index (κ3) is 2.83. The first kappa shape index (κ1) is 13.9. The number of benzene rings is 1. The molecule has 3 rings (SSSR count). The van der Waals surface area contributed by atoms with E-state index in [1.807, 2.05) is 42.1 Å². The van der Waals surface area contributed by atoms with Gasteiger partial charge in [-0.25, -0.2) is 4.98 Å². The number of thioether (sulfide) groups is 1. The monoisotopic (exact) mass is 350 g/mol. The average Bonchev–Trinajstić information content (AvgIpc) is 2.51. The van der Waals surface area contributed by atoms with Gasteiger partial charge in [0.2, 0.25) is 0 Å². The van der Waals surface area contributed by atoms with Crippen molar-refractivity contribution in [3.63, 3.8) is 0 Å². The highest BCUT2D eigenvalue weighted by Gasteiger charge is 2.20. The van der Waals surface area contributed by atoms with E-state index in [1.165, 1.54) is 12.8 Å². The number of nitrogens with zero attached hydrogens (tertiary/aromatic N) is 1. The van der Waals surface area contributed by atoms with Gasteiger partial charge in [-0.2, -0.15) is 11.8 Å². The molecule has 1 aliphatic heterocycles. The van der Waals surface area contributed by atoms with Crippen molar-refractivity contribution in [3.05, 3.63) is 51.0 Å². The minimum absolute atomic E-state index is 0.0972. The van der Waals surface area contributed by atoms with Crippen LogP contribution in [0.15, 0.2) is 39.6 Å². The Balaban J connectivity index is 2.06. The molecule has 20 heavy (non-hydrogen) atoms. The Morgan fingerprint density at radius 2 is 2.05 bits per heavy atom. The van der Waals surface area contributed by atoms with Crippen LogP contribution in [0.5, 0.6) is 0 Å². The fourth-order valence-electron chi connectivity index (χ4n) is 2.37. The van der Waals surface area contributed by atoms with E-state index in [0.717, 1.165) is 29.3 Å². The number of aromatic nitrogens is 2. The molecule has 5 heteroatoms. The molecule has 0 radical (unpaired) electrons. The fraction of sp³-hybridized carbons (Fsp3) is 0.333. The molecule has 1 atom stereocenters. The number of aromatic amines is 1. The predicted octanol–water partition coefficient (Wildman–Crippen LogP) is 4.16. The number of hydrogen-bond acceptors (Lipinski definition) is 3. The lowest BCUT2D eigenvalue weighted by atomic mass is 10.1. The lowest BCUT2D eigenvalue weighted by molar-refractivity contribution is 0.660. The maximum atomic E-state index is 12.1. The second kappa shape index (κ2) is 6.14. The molecule has 0 spiro atoms. The van der Waals surface area contributed by atoms with Gasteiger partial charge in [-0.3, -0.25) is 4.79 Å². The maximum absolute atomic E-state index is 12.1. The second-order valence-corrected chi connectivity index (χ2v) is 6.94. The van der Waals surface area contributed by atoms with Gasteiger partial charge in [-0.05, 0) is 34.5 Å². The number of H-pyrrole nitrogens is 1.